The average molecular weight is 471 g/mol. The third-order valence-electron chi connectivity index (χ3n) is 6.75. The van der Waals surface area contributed by atoms with Gasteiger partial charge in [0, 0.05) is 39.7 Å². The summed E-state index contributed by atoms with van der Waals surface area (Å²) in [7, 11) is 4.96. The third-order valence-corrected chi connectivity index (χ3v) is 6.75. The number of hydrogen-bond acceptors (Lipinski definition) is 4. The van der Waals surface area contributed by atoms with Gasteiger partial charge < -0.3 is 19.3 Å². The Morgan fingerprint density at radius 2 is 1.76 bits per heavy atom. The van der Waals surface area contributed by atoms with Gasteiger partial charge in [-0.05, 0) is 60.9 Å². The normalized spacial score (nSPS) is 15.1. The third kappa shape index (κ3) is 6.79. The summed E-state index contributed by atoms with van der Waals surface area (Å²) in [6.07, 6.45) is 3.35. The maximum Gasteiger partial charge on any atom is 0.248 e. The summed E-state index contributed by atoms with van der Waals surface area (Å²) < 4.78 is 23.8. The molecule has 184 valence electrons. The number of ether oxygens (including phenoxy) is 2. The Bertz CT molecular complexity index is 942. The monoisotopic (exact) mass is 470 g/mol. The summed E-state index contributed by atoms with van der Waals surface area (Å²) in [5.41, 5.74) is 2.02. The quantitative estimate of drug-likeness (QED) is 0.531. The van der Waals surface area contributed by atoms with Gasteiger partial charge in [0.15, 0.2) is 0 Å². The summed E-state index contributed by atoms with van der Waals surface area (Å²) in [6.45, 7) is 1.36. The van der Waals surface area contributed by atoms with E-state index >= 15 is 0 Å². The van der Waals surface area contributed by atoms with Gasteiger partial charge >= 0.3 is 0 Å². The number of rotatable bonds is 10. The summed E-state index contributed by atoms with van der Waals surface area (Å²) in [4.78, 5) is 29.1. The number of carbonyl (C=O) groups is 2. The second-order valence-corrected chi connectivity index (χ2v) is 8.87. The molecule has 7 heteroatoms. The number of benzene rings is 2. The predicted octanol–water partition coefficient (Wildman–Crippen LogP) is 3.72. The van der Waals surface area contributed by atoms with Gasteiger partial charge in [-0.15, -0.1) is 0 Å². The van der Waals surface area contributed by atoms with Gasteiger partial charge in [-0.2, -0.15) is 0 Å². The van der Waals surface area contributed by atoms with Crippen LogP contribution in [0.3, 0.4) is 0 Å². The van der Waals surface area contributed by atoms with Gasteiger partial charge in [-0.25, -0.2) is 4.39 Å². The van der Waals surface area contributed by atoms with Crippen LogP contribution in [0.1, 0.15) is 30.4 Å². The highest BCUT2D eigenvalue weighted by Gasteiger charge is 2.32. The lowest BCUT2D eigenvalue weighted by molar-refractivity contribution is -0.139. The molecule has 0 spiro atoms. The highest BCUT2D eigenvalue weighted by molar-refractivity contribution is 5.78. The van der Waals surface area contributed by atoms with Gasteiger partial charge in [-0.3, -0.25) is 9.59 Å². The van der Waals surface area contributed by atoms with Gasteiger partial charge in [0.2, 0.25) is 11.8 Å². The van der Waals surface area contributed by atoms with E-state index in [1.165, 1.54) is 19.2 Å². The van der Waals surface area contributed by atoms with Gasteiger partial charge in [0.1, 0.15) is 18.2 Å². The molecular weight excluding hydrogens is 435 g/mol. The molecule has 1 saturated heterocycles. The van der Waals surface area contributed by atoms with Crippen molar-refractivity contribution in [3.8, 4) is 5.75 Å². The number of likely N-dealkylation sites (tertiary alicyclic amines) is 1. The molecule has 2 amide bonds. The lowest BCUT2D eigenvalue weighted by atomic mass is 9.84. The fourth-order valence-electron chi connectivity index (χ4n) is 4.73. The van der Waals surface area contributed by atoms with E-state index in [2.05, 4.69) is 0 Å². The minimum atomic E-state index is -0.274. The molecule has 0 aliphatic carbocycles. The SMILES string of the molecule is COCC(=O)N(C)C(Cc1ccc(F)cc1)C1CCN(C(=O)CCc2ccccc2OC)CC1. The Morgan fingerprint density at radius 3 is 2.41 bits per heavy atom. The Balaban J connectivity index is 1.60. The fraction of sp³-hybridized carbons (Fsp3) is 0.481. The van der Waals surface area contributed by atoms with Crippen molar-refractivity contribution in [2.45, 2.75) is 38.1 Å². The minimum Gasteiger partial charge on any atom is -0.496 e. The zero-order valence-corrected chi connectivity index (χ0v) is 20.3. The van der Waals surface area contributed by atoms with Crippen molar-refractivity contribution < 1.29 is 23.5 Å². The largest absolute Gasteiger partial charge is 0.496 e. The van der Waals surface area contributed by atoms with Gasteiger partial charge in [0.25, 0.3) is 0 Å². The molecule has 6 nitrogen and oxygen atoms in total. The minimum absolute atomic E-state index is 0.0245. The molecule has 2 aromatic carbocycles. The van der Waals surface area contributed by atoms with E-state index in [1.54, 1.807) is 31.2 Å². The summed E-state index contributed by atoms with van der Waals surface area (Å²) in [6, 6.07) is 14.2. The van der Waals surface area contributed by atoms with Crippen LogP contribution in [0.5, 0.6) is 5.75 Å². The molecule has 0 saturated carbocycles. The fourth-order valence-corrected chi connectivity index (χ4v) is 4.73. The molecule has 1 aliphatic rings. The van der Waals surface area contributed by atoms with Crippen molar-refractivity contribution in [3.63, 3.8) is 0 Å². The molecular formula is C27H35FN2O4. The van der Waals surface area contributed by atoms with Crippen LogP contribution in [0, 0.1) is 11.7 Å². The molecule has 1 unspecified atom stereocenters. The van der Waals surface area contributed by atoms with E-state index in [9.17, 15) is 14.0 Å². The number of methoxy groups -OCH3 is 2. The second-order valence-electron chi connectivity index (χ2n) is 8.87. The van der Waals surface area contributed by atoms with Crippen LogP contribution in [0.4, 0.5) is 4.39 Å². The maximum atomic E-state index is 13.4. The average Bonchev–Trinajstić information content (AvgIpc) is 2.87. The van der Waals surface area contributed by atoms with Crippen LogP contribution in [0.15, 0.2) is 48.5 Å². The second kappa shape index (κ2) is 12.5. The summed E-state index contributed by atoms with van der Waals surface area (Å²) in [5, 5.41) is 0. The first-order valence-electron chi connectivity index (χ1n) is 11.8. The number of hydrogen-bond donors (Lipinski definition) is 0. The topological polar surface area (TPSA) is 59.1 Å². The summed E-state index contributed by atoms with van der Waals surface area (Å²) in [5.74, 6) is 0.841. The van der Waals surface area contributed by atoms with Crippen LogP contribution in [-0.4, -0.2) is 68.6 Å². The molecule has 34 heavy (non-hydrogen) atoms. The van der Waals surface area contributed by atoms with E-state index in [4.69, 9.17) is 9.47 Å². The highest BCUT2D eigenvalue weighted by Crippen LogP contribution is 2.27. The van der Waals surface area contributed by atoms with Crippen molar-refractivity contribution in [2.24, 2.45) is 5.92 Å². The molecule has 1 atom stereocenters. The molecule has 0 bridgehead atoms. The van der Waals surface area contributed by atoms with Crippen LogP contribution in [0.25, 0.3) is 0 Å². The lowest BCUT2D eigenvalue weighted by Gasteiger charge is -2.40. The molecule has 0 N–H and O–H groups in total. The van der Waals surface area contributed by atoms with Crippen LogP contribution in [0.2, 0.25) is 0 Å². The number of amides is 2. The Morgan fingerprint density at radius 1 is 1.09 bits per heavy atom. The van der Waals surface area contributed by atoms with Gasteiger partial charge in [0.05, 0.1) is 7.11 Å². The molecule has 1 aliphatic heterocycles. The Hall–Kier alpha value is -2.93. The molecule has 1 heterocycles. The van der Waals surface area contributed by atoms with E-state index in [1.807, 2.05) is 29.2 Å². The summed E-state index contributed by atoms with van der Waals surface area (Å²) >= 11 is 0. The standard InChI is InChI=1S/C27H35FN2O4/c1-29(27(32)19-33-2)24(18-20-8-11-23(28)12-9-20)21-14-16-30(17-15-21)26(31)13-10-22-6-4-5-7-25(22)34-3/h4-9,11-12,21,24H,10,13-19H2,1-3H3. The predicted molar refractivity (Wildman–Crippen MR) is 129 cm³/mol. The highest BCUT2D eigenvalue weighted by atomic mass is 19.1. The van der Waals surface area contributed by atoms with Crippen LogP contribution < -0.4 is 4.74 Å². The van der Waals surface area contributed by atoms with E-state index in [-0.39, 0.29) is 36.2 Å². The molecule has 2 aromatic rings. The van der Waals surface area contributed by atoms with E-state index in [0.717, 1.165) is 29.7 Å². The molecule has 3 rings (SSSR count). The number of piperidine rings is 1. The number of likely N-dealkylation sites (N-methyl/N-ethyl adjacent to an activating group) is 1. The maximum absolute atomic E-state index is 13.4. The molecule has 0 radical (unpaired) electrons. The lowest BCUT2D eigenvalue weighted by Crippen LogP contribution is -2.49. The van der Waals surface area contributed by atoms with Crippen molar-refractivity contribution in [1.29, 1.82) is 0 Å². The van der Waals surface area contributed by atoms with Crippen molar-refractivity contribution in [2.75, 3.05) is 41.0 Å². The number of halogens is 1. The first kappa shape index (κ1) is 25.7. The first-order valence-corrected chi connectivity index (χ1v) is 11.8. The number of nitrogens with zero attached hydrogens (tertiary/aromatic N) is 2. The number of aryl methyl sites for hydroxylation is 1. The van der Waals surface area contributed by atoms with E-state index in [0.29, 0.717) is 32.4 Å². The van der Waals surface area contributed by atoms with Crippen LogP contribution in [-0.2, 0) is 27.2 Å². The molecule has 1 fully saturated rings. The zero-order valence-electron chi connectivity index (χ0n) is 20.3. The smallest absolute Gasteiger partial charge is 0.248 e. The zero-order chi connectivity index (χ0) is 24.5. The van der Waals surface area contributed by atoms with Crippen LogP contribution >= 0.6 is 0 Å². The Kier molecular flexibility index (Phi) is 9.45. The van der Waals surface area contributed by atoms with Gasteiger partial charge in [-0.1, -0.05) is 30.3 Å². The van der Waals surface area contributed by atoms with Crippen molar-refractivity contribution >= 4 is 11.8 Å². The molecule has 0 aromatic heterocycles. The number of para-hydroxylation sites is 1. The van der Waals surface area contributed by atoms with E-state index < -0.39 is 0 Å². The van der Waals surface area contributed by atoms with Crippen molar-refractivity contribution in [1.82, 2.24) is 9.80 Å². The Labute approximate surface area is 201 Å². The van der Waals surface area contributed by atoms with Crippen molar-refractivity contribution in [3.05, 3.63) is 65.5 Å². The first-order chi connectivity index (χ1) is 16.4. The number of carbonyl (C=O) groups excluding carboxylic acids is 2.